The molecule has 3 unspecified atom stereocenters. The second-order valence-electron chi connectivity index (χ2n) is 9.74. The van der Waals surface area contributed by atoms with E-state index in [2.05, 4.69) is 35.2 Å². The first-order valence-corrected chi connectivity index (χ1v) is 11.9. The van der Waals surface area contributed by atoms with E-state index in [0.717, 1.165) is 45.3 Å². The normalized spacial score (nSPS) is 28.0. The predicted molar refractivity (Wildman–Crippen MR) is 120 cm³/mol. The lowest BCUT2D eigenvalue weighted by molar-refractivity contribution is -0.176. The molecule has 1 heterocycles. The second-order valence-corrected chi connectivity index (χ2v) is 9.74. The number of fused-ring (bicyclic) bond motifs is 1. The van der Waals surface area contributed by atoms with Crippen LogP contribution >= 0.6 is 0 Å². The van der Waals surface area contributed by atoms with Crippen molar-refractivity contribution in [2.75, 3.05) is 19.7 Å². The fourth-order valence-corrected chi connectivity index (χ4v) is 5.97. The van der Waals surface area contributed by atoms with Crippen LogP contribution in [0.15, 0.2) is 60.7 Å². The van der Waals surface area contributed by atoms with Gasteiger partial charge in [-0.2, -0.15) is 0 Å². The summed E-state index contributed by atoms with van der Waals surface area (Å²) in [7, 11) is 0. The van der Waals surface area contributed by atoms with Gasteiger partial charge in [0.1, 0.15) is 0 Å². The van der Waals surface area contributed by atoms with Gasteiger partial charge in [0.25, 0.3) is 0 Å². The van der Waals surface area contributed by atoms with Crippen LogP contribution in [0, 0.1) is 23.7 Å². The van der Waals surface area contributed by atoms with Crippen molar-refractivity contribution < 1.29 is 14.6 Å². The SMILES string of the molecule is O=C(OCC1C2CN(Cc3ccccc3)CC12)C(O)(c1ccccc1)C1CCCCC1. The first-order chi connectivity index (χ1) is 15.2. The Labute approximate surface area is 185 Å². The van der Waals surface area contributed by atoms with E-state index in [1.807, 2.05) is 30.3 Å². The van der Waals surface area contributed by atoms with Gasteiger partial charge in [0, 0.05) is 31.5 Å². The van der Waals surface area contributed by atoms with Crippen molar-refractivity contribution in [3.8, 4) is 0 Å². The third-order valence-electron chi connectivity index (χ3n) is 7.82. The summed E-state index contributed by atoms with van der Waals surface area (Å²) < 4.78 is 5.82. The van der Waals surface area contributed by atoms with E-state index in [1.54, 1.807) is 0 Å². The lowest BCUT2D eigenvalue weighted by atomic mass is 9.73. The summed E-state index contributed by atoms with van der Waals surface area (Å²) in [6.45, 7) is 3.59. The molecular weight excluding hydrogens is 386 g/mol. The molecule has 2 aromatic carbocycles. The molecule has 2 saturated carbocycles. The summed E-state index contributed by atoms with van der Waals surface area (Å²) in [6.07, 6.45) is 5.07. The minimum absolute atomic E-state index is 0.0591. The number of ether oxygens (including phenoxy) is 1. The van der Waals surface area contributed by atoms with E-state index in [4.69, 9.17) is 4.74 Å². The molecule has 4 heteroatoms. The Hall–Kier alpha value is -2.17. The number of benzene rings is 2. The number of likely N-dealkylation sites (tertiary alicyclic amines) is 1. The summed E-state index contributed by atoms with van der Waals surface area (Å²) in [5.74, 6) is 1.18. The number of aliphatic hydroxyl groups is 1. The fourth-order valence-electron chi connectivity index (χ4n) is 5.97. The van der Waals surface area contributed by atoms with Crippen molar-refractivity contribution in [2.45, 2.75) is 44.2 Å². The molecule has 3 fully saturated rings. The smallest absolute Gasteiger partial charge is 0.343 e. The summed E-state index contributed by atoms with van der Waals surface area (Å²) in [5, 5.41) is 11.6. The molecule has 164 valence electrons. The summed E-state index contributed by atoms with van der Waals surface area (Å²) in [5.41, 5.74) is 0.509. The Bertz CT molecular complexity index is 868. The maximum Gasteiger partial charge on any atom is 0.343 e. The summed E-state index contributed by atoms with van der Waals surface area (Å²) >= 11 is 0. The van der Waals surface area contributed by atoms with Gasteiger partial charge >= 0.3 is 5.97 Å². The third-order valence-corrected chi connectivity index (χ3v) is 7.82. The standard InChI is InChI=1S/C27H33NO3/c29-26(27(30,21-12-6-2-7-13-21)22-14-8-3-9-15-22)31-19-25-23-17-28(18-24(23)25)16-20-10-4-1-5-11-20/h1-2,4-7,10-13,22-25,30H,3,8-9,14-19H2. The lowest BCUT2D eigenvalue weighted by Gasteiger charge is -2.36. The van der Waals surface area contributed by atoms with Gasteiger partial charge in [0.15, 0.2) is 5.60 Å². The van der Waals surface area contributed by atoms with Gasteiger partial charge < -0.3 is 9.84 Å². The summed E-state index contributed by atoms with van der Waals surface area (Å²) in [4.78, 5) is 15.7. The van der Waals surface area contributed by atoms with Crippen molar-refractivity contribution in [2.24, 2.45) is 23.7 Å². The molecule has 5 rings (SSSR count). The number of nitrogens with zero attached hydrogens (tertiary/aromatic N) is 1. The topological polar surface area (TPSA) is 49.8 Å². The molecule has 2 aliphatic carbocycles. The van der Waals surface area contributed by atoms with Gasteiger partial charge in [-0.1, -0.05) is 79.9 Å². The average Bonchev–Trinajstić information content (AvgIpc) is 3.29. The lowest BCUT2D eigenvalue weighted by Crippen LogP contribution is -2.45. The van der Waals surface area contributed by atoms with Crippen LogP contribution < -0.4 is 0 Å². The summed E-state index contributed by atoms with van der Waals surface area (Å²) in [6, 6.07) is 20.0. The number of esters is 1. The molecule has 0 aromatic heterocycles. The molecular formula is C27H33NO3. The zero-order chi connectivity index (χ0) is 21.3. The molecule has 0 spiro atoms. The first-order valence-electron chi connectivity index (χ1n) is 11.9. The number of hydrogen-bond donors (Lipinski definition) is 1. The molecule has 31 heavy (non-hydrogen) atoms. The zero-order valence-electron chi connectivity index (χ0n) is 18.2. The molecule has 0 bridgehead atoms. The number of carbonyl (C=O) groups excluding carboxylic acids is 1. The van der Waals surface area contributed by atoms with Crippen molar-refractivity contribution >= 4 is 5.97 Å². The first kappa shape index (κ1) is 20.7. The van der Waals surface area contributed by atoms with Crippen molar-refractivity contribution in [1.29, 1.82) is 0 Å². The van der Waals surface area contributed by atoms with Gasteiger partial charge in [-0.3, -0.25) is 4.90 Å². The highest BCUT2D eigenvalue weighted by molar-refractivity contribution is 5.81. The minimum atomic E-state index is -1.52. The van der Waals surface area contributed by atoms with Crippen LogP contribution in [0.3, 0.4) is 0 Å². The zero-order valence-corrected chi connectivity index (χ0v) is 18.2. The van der Waals surface area contributed by atoms with Gasteiger partial charge in [-0.05, 0) is 35.8 Å². The van der Waals surface area contributed by atoms with Gasteiger partial charge in [0.2, 0.25) is 0 Å². The molecule has 3 atom stereocenters. The molecule has 0 amide bonds. The quantitative estimate of drug-likeness (QED) is 0.677. The van der Waals surface area contributed by atoms with Crippen LogP contribution in [0.5, 0.6) is 0 Å². The highest BCUT2D eigenvalue weighted by Gasteiger charge is 2.56. The third kappa shape index (κ3) is 4.16. The average molecular weight is 420 g/mol. The molecule has 3 aliphatic rings. The Morgan fingerprint density at radius 3 is 2.19 bits per heavy atom. The largest absolute Gasteiger partial charge is 0.463 e. The monoisotopic (exact) mass is 419 g/mol. The molecule has 2 aromatic rings. The van der Waals surface area contributed by atoms with Gasteiger partial charge in [-0.15, -0.1) is 0 Å². The Morgan fingerprint density at radius 2 is 1.55 bits per heavy atom. The van der Waals surface area contributed by atoms with Crippen LogP contribution in [-0.4, -0.2) is 35.7 Å². The van der Waals surface area contributed by atoms with E-state index in [1.165, 1.54) is 12.0 Å². The minimum Gasteiger partial charge on any atom is -0.463 e. The number of piperidine rings is 1. The van der Waals surface area contributed by atoms with Crippen LogP contribution in [0.2, 0.25) is 0 Å². The number of rotatable bonds is 7. The molecule has 1 N–H and O–H groups in total. The van der Waals surface area contributed by atoms with E-state index in [9.17, 15) is 9.90 Å². The van der Waals surface area contributed by atoms with Crippen molar-refractivity contribution in [3.05, 3.63) is 71.8 Å². The Morgan fingerprint density at radius 1 is 0.935 bits per heavy atom. The van der Waals surface area contributed by atoms with Crippen LogP contribution in [0.4, 0.5) is 0 Å². The van der Waals surface area contributed by atoms with E-state index in [-0.39, 0.29) is 5.92 Å². The molecule has 0 radical (unpaired) electrons. The second kappa shape index (κ2) is 8.76. The molecule has 1 saturated heterocycles. The number of carbonyl (C=O) groups is 1. The van der Waals surface area contributed by atoms with Gasteiger partial charge in [-0.25, -0.2) is 4.79 Å². The van der Waals surface area contributed by atoms with Crippen LogP contribution in [-0.2, 0) is 21.7 Å². The van der Waals surface area contributed by atoms with E-state index < -0.39 is 11.6 Å². The maximum atomic E-state index is 13.2. The van der Waals surface area contributed by atoms with Gasteiger partial charge in [0.05, 0.1) is 6.61 Å². The predicted octanol–water partition coefficient (Wildman–Crippen LogP) is 4.38. The highest BCUT2D eigenvalue weighted by atomic mass is 16.6. The number of hydrogen-bond acceptors (Lipinski definition) is 4. The maximum absolute atomic E-state index is 13.2. The van der Waals surface area contributed by atoms with E-state index in [0.29, 0.717) is 29.9 Å². The fraction of sp³-hybridized carbons (Fsp3) is 0.519. The Balaban J connectivity index is 1.18. The van der Waals surface area contributed by atoms with Crippen molar-refractivity contribution in [1.82, 2.24) is 4.90 Å². The van der Waals surface area contributed by atoms with Crippen molar-refractivity contribution in [3.63, 3.8) is 0 Å². The van der Waals surface area contributed by atoms with Crippen LogP contribution in [0.1, 0.15) is 43.2 Å². The highest BCUT2D eigenvalue weighted by Crippen LogP contribution is 2.52. The molecule has 4 nitrogen and oxygen atoms in total. The van der Waals surface area contributed by atoms with E-state index >= 15 is 0 Å². The Kier molecular flexibility index (Phi) is 5.85. The molecule has 1 aliphatic heterocycles. The van der Waals surface area contributed by atoms with Crippen LogP contribution in [0.25, 0.3) is 0 Å².